The Kier molecular flexibility index (Phi) is 3.40. The summed E-state index contributed by atoms with van der Waals surface area (Å²) in [5.74, 6) is 2.42. The Bertz CT molecular complexity index is 600. The molecular formula is C15H19N3OS. The van der Waals surface area contributed by atoms with Crippen LogP contribution in [0.3, 0.4) is 0 Å². The minimum absolute atomic E-state index is 0.132. The first-order chi connectivity index (χ1) is 9.93. The predicted octanol–water partition coefficient (Wildman–Crippen LogP) is 3.70. The monoisotopic (exact) mass is 289 g/mol. The molecule has 106 valence electrons. The number of hydrogen-bond acceptors (Lipinski definition) is 4. The average molecular weight is 289 g/mol. The van der Waals surface area contributed by atoms with Gasteiger partial charge in [-0.25, -0.2) is 9.97 Å². The van der Waals surface area contributed by atoms with E-state index in [4.69, 9.17) is 9.72 Å². The lowest BCUT2D eigenvalue weighted by molar-refractivity contribution is 0.0569. The van der Waals surface area contributed by atoms with Crippen molar-refractivity contribution in [2.75, 3.05) is 12.4 Å². The van der Waals surface area contributed by atoms with Crippen molar-refractivity contribution < 1.29 is 4.74 Å². The molecule has 2 aliphatic heterocycles. The highest BCUT2D eigenvalue weighted by molar-refractivity contribution is 7.99. The zero-order valence-electron chi connectivity index (χ0n) is 11.5. The Morgan fingerprint density at radius 3 is 3.05 bits per heavy atom. The van der Waals surface area contributed by atoms with Crippen molar-refractivity contribution in [3.8, 4) is 0 Å². The second-order valence-electron chi connectivity index (χ2n) is 5.51. The van der Waals surface area contributed by atoms with Crippen LogP contribution in [-0.2, 0) is 4.74 Å². The van der Waals surface area contributed by atoms with Gasteiger partial charge < -0.3 is 4.74 Å². The van der Waals surface area contributed by atoms with Crippen LogP contribution in [0.2, 0.25) is 0 Å². The van der Waals surface area contributed by atoms with Crippen molar-refractivity contribution in [2.24, 2.45) is 0 Å². The van der Waals surface area contributed by atoms with Crippen LogP contribution in [0, 0.1) is 0 Å². The van der Waals surface area contributed by atoms with Gasteiger partial charge in [0.05, 0.1) is 5.25 Å². The summed E-state index contributed by atoms with van der Waals surface area (Å²) in [6.07, 6.45) is 8.06. The molecule has 0 bridgehead atoms. The van der Waals surface area contributed by atoms with Crippen molar-refractivity contribution in [3.63, 3.8) is 0 Å². The van der Waals surface area contributed by atoms with E-state index < -0.39 is 0 Å². The van der Waals surface area contributed by atoms with Gasteiger partial charge in [0.2, 0.25) is 0 Å². The van der Waals surface area contributed by atoms with E-state index in [1.807, 2.05) is 24.0 Å². The Balaban J connectivity index is 1.82. The highest BCUT2D eigenvalue weighted by Crippen LogP contribution is 2.41. The van der Waals surface area contributed by atoms with Crippen LogP contribution < -0.4 is 0 Å². The summed E-state index contributed by atoms with van der Waals surface area (Å²) in [6.45, 7) is 0.856. The topological polar surface area (TPSA) is 39.9 Å². The van der Waals surface area contributed by atoms with E-state index in [0.717, 1.165) is 30.6 Å². The molecule has 0 aromatic carbocycles. The number of hydrogen-bond donors (Lipinski definition) is 0. The minimum Gasteiger partial charge on any atom is -0.358 e. The van der Waals surface area contributed by atoms with Gasteiger partial charge in [-0.15, -0.1) is 0 Å². The lowest BCUT2D eigenvalue weighted by Gasteiger charge is -2.24. The van der Waals surface area contributed by atoms with Crippen LogP contribution >= 0.6 is 11.8 Å². The van der Waals surface area contributed by atoms with Gasteiger partial charge in [-0.2, -0.15) is 11.8 Å². The van der Waals surface area contributed by atoms with Crippen molar-refractivity contribution in [3.05, 3.63) is 24.2 Å². The Morgan fingerprint density at radius 2 is 2.25 bits per heavy atom. The molecule has 20 heavy (non-hydrogen) atoms. The minimum atomic E-state index is 0.132. The highest BCUT2D eigenvalue weighted by atomic mass is 32.2. The number of imidazole rings is 1. The molecule has 2 fully saturated rings. The molecule has 2 saturated heterocycles. The van der Waals surface area contributed by atoms with Crippen molar-refractivity contribution >= 4 is 22.9 Å². The van der Waals surface area contributed by atoms with E-state index >= 15 is 0 Å². The van der Waals surface area contributed by atoms with Crippen LogP contribution in [0.25, 0.3) is 11.2 Å². The number of nitrogens with zero attached hydrogens (tertiary/aromatic N) is 3. The maximum absolute atomic E-state index is 5.91. The molecule has 0 radical (unpaired) electrons. The molecule has 2 aromatic heterocycles. The Labute approximate surface area is 122 Å². The first-order valence-corrected chi connectivity index (χ1v) is 8.54. The number of fused-ring (bicyclic) bond motifs is 1. The standard InChI is InChI=1S/C15H19N3OS/c1-2-10-20-12(6-1)15-17-11-5-3-8-16-14(11)18(15)13-7-4-9-19-13/h3,5,8,12-13H,1-2,4,6-7,9-10H2. The molecule has 0 spiro atoms. The van der Waals surface area contributed by atoms with Gasteiger partial charge in [0, 0.05) is 12.8 Å². The SMILES string of the molecule is c1cnc2c(c1)nc(C1CCCCS1)n2C1CCCO1. The smallest absolute Gasteiger partial charge is 0.162 e. The first-order valence-electron chi connectivity index (χ1n) is 7.49. The van der Waals surface area contributed by atoms with Gasteiger partial charge in [0.1, 0.15) is 17.6 Å². The zero-order chi connectivity index (χ0) is 13.4. The summed E-state index contributed by atoms with van der Waals surface area (Å²) < 4.78 is 8.18. The summed E-state index contributed by atoms with van der Waals surface area (Å²) in [5, 5.41) is 0.502. The number of pyridine rings is 1. The van der Waals surface area contributed by atoms with Crippen LogP contribution in [0.5, 0.6) is 0 Å². The summed E-state index contributed by atoms with van der Waals surface area (Å²) in [7, 11) is 0. The molecule has 4 rings (SSSR count). The van der Waals surface area contributed by atoms with Crippen molar-refractivity contribution in [1.82, 2.24) is 14.5 Å². The first kappa shape index (κ1) is 12.7. The van der Waals surface area contributed by atoms with Gasteiger partial charge in [-0.3, -0.25) is 4.57 Å². The molecule has 2 unspecified atom stereocenters. The molecule has 0 aliphatic carbocycles. The molecule has 0 N–H and O–H groups in total. The molecule has 0 saturated carbocycles. The largest absolute Gasteiger partial charge is 0.358 e. The quantitative estimate of drug-likeness (QED) is 0.845. The van der Waals surface area contributed by atoms with Gasteiger partial charge in [0.15, 0.2) is 5.65 Å². The van der Waals surface area contributed by atoms with Gasteiger partial charge >= 0.3 is 0 Å². The van der Waals surface area contributed by atoms with Gasteiger partial charge in [-0.05, 0) is 43.6 Å². The molecule has 2 aromatic rings. The van der Waals surface area contributed by atoms with Gasteiger partial charge in [0.25, 0.3) is 0 Å². The van der Waals surface area contributed by atoms with Crippen LogP contribution in [0.1, 0.15) is 49.4 Å². The highest BCUT2D eigenvalue weighted by Gasteiger charge is 2.29. The summed E-state index contributed by atoms with van der Waals surface area (Å²) >= 11 is 2.04. The van der Waals surface area contributed by atoms with E-state index in [9.17, 15) is 0 Å². The third-order valence-corrected chi connectivity index (χ3v) is 5.51. The van der Waals surface area contributed by atoms with Crippen molar-refractivity contribution in [2.45, 2.75) is 43.6 Å². The van der Waals surface area contributed by atoms with Gasteiger partial charge in [-0.1, -0.05) is 6.42 Å². The third kappa shape index (κ3) is 2.13. The second kappa shape index (κ2) is 5.37. The molecule has 4 nitrogen and oxygen atoms in total. The van der Waals surface area contributed by atoms with Crippen molar-refractivity contribution in [1.29, 1.82) is 0 Å². The summed E-state index contributed by atoms with van der Waals surface area (Å²) in [6, 6.07) is 4.03. The fourth-order valence-corrected chi connectivity index (χ4v) is 4.47. The molecule has 4 heterocycles. The molecular weight excluding hydrogens is 270 g/mol. The lowest BCUT2D eigenvalue weighted by atomic mass is 10.2. The maximum Gasteiger partial charge on any atom is 0.162 e. The molecule has 5 heteroatoms. The fraction of sp³-hybridized carbons (Fsp3) is 0.600. The van der Waals surface area contributed by atoms with E-state index in [-0.39, 0.29) is 6.23 Å². The predicted molar refractivity (Wildman–Crippen MR) is 80.8 cm³/mol. The second-order valence-corrected chi connectivity index (χ2v) is 6.82. The maximum atomic E-state index is 5.91. The summed E-state index contributed by atoms with van der Waals surface area (Å²) in [5.41, 5.74) is 1.99. The lowest BCUT2D eigenvalue weighted by Crippen LogP contribution is -2.15. The zero-order valence-corrected chi connectivity index (χ0v) is 12.3. The number of aromatic nitrogens is 3. The van der Waals surface area contributed by atoms with Crippen LogP contribution in [-0.4, -0.2) is 26.9 Å². The Hall–Kier alpha value is -1.07. The third-order valence-electron chi connectivity index (χ3n) is 4.14. The Morgan fingerprint density at radius 1 is 1.25 bits per heavy atom. The molecule has 0 amide bonds. The van der Waals surface area contributed by atoms with E-state index in [1.165, 1.54) is 30.8 Å². The van der Waals surface area contributed by atoms with Crippen LogP contribution in [0.15, 0.2) is 18.3 Å². The average Bonchev–Trinajstić information content (AvgIpc) is 3.14. The number of ether oxygens (including phenoxy) is 1. The normalized spacial score (nSPS) is 27.2. The number of rotatable bonds is 2. The fourth-order valence-electron chi connectivity index (χ4n) is 3.17. The molecule has 2 aliphatic rings. The molecule has 2 atom stereocenters. The van der Waals surface area contributed by atoms with E-state index in [0.29, 0.717) is 5.25 Å². The number of thioether (sulfide) groups is 1. The van der Waals surface area contributed by atoms with E-state index in [2.05, 4.69) is 15.6 Å². The van der Waals surface area contributed by atoms with Crippen LogP contribution in [0.4, 0.5) is 0 Å². The van der Waals surface area contributed by atoms with E-state index in [1.54, 1.807) is 0 Å². The summed E-state index contributed by atoms with van der Waals surface area (Å²) in [4.78, 5) is 9.43.